The lowest BCUT2D eigenvalue weighted by Gasteiger charge is -2.31. The van der Waals surface area contributed by atoms with Crippen LogP contribution in [0.2, 0.25) is 0 Å². The van der Waals surface area contributed by atoms with E-state index in [1.807, 2.05) is 14.1 Å². The van der Waals surface area contributed by atoms with Crippen molar-refractivity contribution in [3.05, 3.63) is 75.9 Å². The molecule has 0 bridgehead atoms. The fraction of sp³-hybridized carbons (Fsp3) is 0.344. The van der Waals surface area contributed by atoms with Gasteiger partial charge in [0.25, 0.3) is 7.82 Å². The van der Waals surface area contributed by atoms with Gasteiger partial charge in [0, 0.05) is 47.2 Å². The van der Waals surface area contributed by atoms with Gasteiger partial charge in [-0.05, 0) is 49.2 Å². The van der Waals surface area contributed by atoms with Crippen molar-refractivity contribution in [1.29, 1.82) is 0 Å². The van der Waals surface area contributed by atoms with Crippen LogP contribution in [0.1, 0.15) is 40.5 Å². The number of phosphoric ester groups is 1. The molecule has 240 valence electrons. The van der Waals surface area contributed by atoms with E-state index >= 15 is 0 Å². The highest BCUT2D eigenvalue weighted by Gasteiger charge is 2.23. The number of aromatic hydroxyl groups is 1. The molecule has 0 saturated carbocycles. The van der Waals surface area contributed by atoms with E-state index in [2.05, 4.69) is 4.52 Å². The van der Waals surface area contributed by atoms with Gasteiger partial charge >= 0.3 is 5.97 Å². The van der Waals surface area contributed by atoms with Gasteiger partial charge in [-0.25, -0.2) is 4.79 Å². The number of carboxylic acids is 1. The van der Waals surface area contributed by atoms with Gasteiger partial charge in [-0.2, -0.15) is 0 Å². The summed E-state index contributed by atoms with van der Waals surface area (Å²) in [5.74, 6) is -1.29. The lowest BCUT2D eigenvalue weighted by atomic mass is 9.89. The fourth-order valence-corrected chi connectivity index (χ4v) is 5.56. The summed E-state index contributed by atoms with van der Waals surface area (Å²) in [4.78, 5) is 49.0. The molecule has 2 aliphatic rings. The second-order valence-electron chi connectivity index (χ2n) is 11.1. The average Bonchev–Trinajstić information content (AvgIpc) is 2.96. The molecule has 4 rings (SSSR count). The number of carbonyl (C=O) groups excluding carboxylic acids is 1. The summed E-state index contributed by atoms with van der Waals surface area (Å²) in [5.41, 5.74) is 1.47. The molecule has 2 aromatic rings. The van der Waals surface area contributed by atoms with Gasteiger partial charge in [0.05, 0.1) is 32.9 Å². The molecule has 1 heterocycles. The molecule has 0 spiro atoms. The minimum Gasteiger partial charge on any atom is -0.756 e. The quantitative estimate of drug-likeness (QED) is 0.0578. The Labute approximate surface area is 259 Å². The largest absolute Gasteiger partial charge is 0.756 e. The number of carboxylic acid groups (broad SMARTS) is 1. The van der Waals surface area contributed by atoms with Gasteiger partial charge in [-0.1, -0.05) is 12.1 Å². The van der Waals surface area contributed by atoms with E-state index in [-0.39, 0.29) is 59.1 Å². The number of hydrogen-bond donors (Lipinski definition) is 2. The number of ketones is 1. The van der Waals surface area contributed by atoms with Crippen molar-refractivity contribution in [3.63, 3.8) is 0 Å². The zero-order chi connectivity index (χ0) is 32.8. The normalized spacial score (nSPS) is 13.2. The number of ether oxygens (including phenoxy) is 1. The van der Waals surface area contributed by atoms with Gasteiger partial charge in [0.2, 0.25) is 0 Å². The van der Waals surface area contributed by atoms with Crippen LogP contribution in [0, 0.1) is 0 Å². The summed E-state index contributed by atoms with van der Waals surface area (Å²) in [7, 11) is -0.456. The SMILES string of the molecule is CCOP(=O)([O-])OCC[N+](C)(C)CCOCCCC(=O)c1ccc(-c2c3ccc(=O)cc-3oc3cc(O)ccc23)c(C(=O)O)c1. The highest BCUT2D eigenvalue weighted by molar-refractivity contribution is 7.45. The molecule has 1 atom stereocenters. The second-order valence-corrected chi connectivity index (χ2v) is 12.5. The van der Waals surface area contributed by atoms with Crippen molar-refractivity contribution in [2.45, 2.75) is 19.8 Å². The zero-order valence-corrected chi connectivity index (χ0v) is 26.2. The summed E-state index contributed by atoms with van der Waals surface area (Å²) in [6.07, 6.45) is 0.562. The minimum atomic E-state index is -4.28. The lowest BCUT2D eigenvalue weighted by Crippen LogP contribution is -2.44. The Morgan fingerprint density at radius 2 is 1.69 bits per heavy atom. The van der Waals surface area contributed by atoms with Crippen LogP contribution < -0.4 is 10.3 Å². The molecule has 1 aliphatic heterocycles. The molecule has 12 nitrogen and oxygen atoms in total. The Morgan fingerprint density at radius 1 is 0.956 bits per heavy atom. The lowest BCUT2D eigenvalue weighted by molar-refractivity contribution is -0.890. The molecule has 45 heavy (non-hydrogen) atoms. The molecule has 0 saturated heterocycles. The molecule has 0 aromatic heterocycles. The second kappa shape index (κ2) is 14.5. The molecule has 13 heteroatoms. The number of phenols is 1. The average molecular weight is 642 g/mol. The monoisotopic (exact) mass is 641 g/mol. The van der Waals surface area contributed by atoms with Gasteiger partial charge < -0.3 is 37.8 Å². The van der Waals surface area contributed by atoms with Gasteiger partial charge in [0.1, 0.15) is 36.8 Å². The number of benzene rings is 3. The van der Waals surface area contributed by atoms with Gasteiger partial charge in [-0.3, -0.25) is 14.2 Å². The smallest absolute Gasteiger partial charge is 0.336 e. The number of phenolic OH excluding ortho intramolecular Hbond substituents is 1. The predicted octanol–water partition coefficient (Wildman–Crippen LogP) is 4.55. The summed E-state index contributed by atoms with van der Waals surface area (Å²) in [5, 5.41) is 20.7. The van der Waals surface area contributed by atoms with E-state index in [9.17, 15) is 34.1 Å². The first kappa shape index (κ1) is 34.0. The van der Waals surface area contributed by atoms with Crippen LogP contribution in [0.15, 0.2) is 63.8 Å². The number of aromatic carboxylic acids is 1. The summed E-state index contributed by atoms with van der Waals surface area (Å²) >= 11 is 0. The van der Waals surface area contributed by atoms with Crippen LogP contribution in [-0.4, -0.2) is 80.1 Å². The number of rotatable bonds is 16. The molecule has 0 fully saturated rings. The number of carbonyl (C=O) groups is 2. The van der Waals surface area contributed by atoms with Crippen molar-refractivity contribution < 1.29 is 51.9 Å². The molecular formula is C32H36NO11P. The highest BCUT2D eigenvalue weighted by atomic mass is 31.2. The summed E-state index contributed by atoms with van der Waals surface area (Å²) in [6, 6.07) is 13.2. The van der Waals surface area contributed by atoms with Crippen molar-refractivity contribution in [1.82, 2.24) is 0 Å². The van der Waals surface area contributed by atoms with Gasteiger partial charge in [0.15, 0.2) is 11.2 Å². The van der Waals surface area contributed by atoms with Crippen LogP contribution in [-0.2, 0) is 18.3 Å². The predicted molar refractivity (Wildman–Crippen MR) is 165 cm³/mol. The van der Waals surface area contributed by atoms with Crippen molar-refractivity contribution >= 4 is 30.5 Å². The number of likely N-dealkylation sites (N-methyl/N-ethyl adjacent to an activating group) is 1. The number of nitrogens with zero attached hydrogens (tertiary/aromatic N) is 1. The Bertz CT molecular complexity index is 1760. The van der Waals surface area contributed by atoms with E-state index in [0.29, 0.717) is 59.3 Å². The van der Waals surface area contributed by atoms with Crippen molar-refractivity contribution in [3.8, 4) is 28.2 Å². The van der Waals surface area contributed by atoms with Crippen molar-refractivity contribution in [2.75, 3.05) is 53.6 Å². The number of fused-ring (bicyclic) bond motifs is 2. The third-order valence-corrected chi connectivity index (χ3v) is 8.36. The van der Waals surface area contributed by atoms with E-state index in [4.69, 9.17) is 13.7 Å². The third kappa shape index (κ3) is 8.85. The van der Waals surface area contributed by atoms with Crippen LogP contribution in [0.4, 0.5) is 0 Å². The maximum absolute atomic E-state index is 13.0. The summed E-state index contributed by atoms with van der Waals surface area (Å²) < 4.78 is 32.9. The first-order valence-electron chi connectivity index (χ1n) is 14.4. The Hall–Kier alpha value is -3.90. The fourth-order valence-electron chi connectivity index (χ4n) is 4.86. The minimum absolute atomic E-state index is 0.0125. The maximum atomic E-state index is 13.0. The van der Waals surface area contributed by atoms with E-state index in [1.165, 1.54) is 30.3 Å². The Kier molecular flexibility index (Phi) is 10.9. The first-order chi connectivity index (χ1) is 21.3. The zero-order valence-electron chi connectivity index (χ0n) is 25.3. The van der Waals surface area contributed by atoms with Gasteiger partial charge in [-0.15, -0.1) is 0 Å². The molecule has 0 radical (unpaired) electrons. The summed E-state index contributed by atoms with van der Waals surface area (Å²) in [6.45, 7) is 3.27. The van der Waals surface area contributed by atoms with Crippen LogP contribution in [0.25, 0.3) is 33.4 Å². The molecule has 2 aromatic carbocycles. The van der Waals surface area contributed by atoms with Crippen LogP contribution >= 0.6 is 7.82 Å². The first-order valence-corrected chi connectivity index (χ1v) is 15.9. The van der Waals surface area contributed by atoms with Crippen molar-refractivity contribution in [2.24, 2.45) is 0 Å². The molecule has 1 aliphatic carbocycles. The van der Waals surface area contributed by atoms with Crippen LogP contribution in [0.3, 0.4) is 0 Å². The highest BCUT2D eigenvalue weighted by Crippen LogP contribution is 2.42. The number of quaternary nitrogens is 1. The Balaban J connectivity index is 1.41. The standard InChI is InChI=1S/C32H36NO11P/c1-4-42-45(39,40)43-17-14-33(2,3)13-16-41-15-5-6-28(36)21-7-10-24(27(18-21)32(37)38)31-25-11-8-22(34)19-29(25)44-30-20-23(35)9-12-26(30)31/h7-12,18-20H,4-6,13-17H2,1-3H3,(H2-,34,35,37,38,39,40). The molecule has 0 amide bonds. The van der Waals surface area contributed by atoms with E-state index in [1.54, 1.807) is 31.2 Å². The topological polar surface area (TPSA) is 173 Å². The number of Topliss-reactive ketones (excluding diaryl/α,β-unsaturated/α-hetero) is 1. The molecule has 1 unspecified atom stereocenters. The van der Waals surface area contributed by atoms with Crippen LogP contribution in [0.5, 0.6) is 5.75 Å². The Morgan fingerprint density at radius 3 is 2.42 bits per heavy atom. The molecular weight excluding hydrogens is 605 g/mol. The number of hydrogen-bond acceptors (Lipinski definition) is 10. The van der Waals surface area contributed by atoms with E-state index in [0.717, 1.165) is 0 Å². The third-order valence-electron chi connectivity index (χ3n) is 7.28. The number of phosphoric acid groups is 1. The molecule has 2 N–H and O–H groups in total. The maximum Gasteiger partial charge on any atom is 0.336 e. The van der Waals surface area contributed by atoms with E-state index < -0.39 is 13.8 Å².